The maximum absolute atomic E-state index is 9.86. The van der Waals surface area contributed by atoms with Crippen molar-refractivity contribution in [2.24, 2.45) is 0 Å². The van der Waals surface area contributed by atoms with Gasteiger partial charge in [-0.15, -0.1) is 0 Å². The third-order valence-electron chi connectivity index (χ3n) is 2.59. The number of rotatable bonds is 3. The molecule has 1 aliphatic rings. The predicted molar refractivity (Wildman–Crippen MR) is 52.9 cm³/mol. The second-order valence-corrected chi connectivity index (χ2v) is 3.68. The van der Waals surface area contributed by atoms with Gasteiger partial charge in [0.15, 0.2) is 0 Å². The molecule has 1 saturated heterocycles. The minimum atomic E-state index is -0.375. The summed E-state index contributed by atoms with van der Waals surface area (Å²) < 4.78 is 5.42. The SMILES string of the molecule is OC(Cc1ccncc1)C1CCCO1. The lowest BCUT2D eigenvalue weighted by atomic mass is 10.0. The number of aliphatic hydroxyl groups excluding tert-OH is 1. The smallest absolute Gasteiger partial charge is 0.0842 e. The summed E-state index contributed by atoms with van der Waals surface area (Å²) in [6, 6.07) is 3.86. The summed E-state index contributed by atoms with van der Waals surface area (Å²) in [6.07, 6.45) is 5.86. The molecule has 3 heteroatoms. The van der Waals surface area contributed by atoms with Crippen LogP contribution in [-0.2, 0) is 11.2 Å². The van der Waals surface area contributed by atoms with Crippen molar-refractivity contribution < 1.29 is 9.84 Å². The summed E-state index contributed by atoms with van der Waals surface area (Å²) in [5.41, 5.74) is 1.11. The largest absolute Gasteiger partial charge is 0.390 e. The van der Waals surface area contributed by atoms with Gasteiger partial charge >= 0.3 is 0 Å². The summed E-state index contributed by atoms with van der Waals surface area (Å²) in [4.78, 5) is 3.94. The van der Waals surface area contributed by atoms with E-state index < -0.39 is 0 Å². The highest BCUT2D eigenvalue weighted by molar-refractivity contribution is 5.11. The molecule has 1 aromatic rings. The molecule has 2 unspecified atom stereocenters. The molecule has 2 atom stereocenters. The fourth-order valence-electron chi connectivity index (χ4n) is 1.80. The second kappa shape index (κ2) is 4.53. The van der Waals surface area contributed by atoms with E-state index in [0.717, 1.165) is 25.0 Å². The van der Waals surface area contributed by atoms with Gasteiger partial charge in [-0.2, -0.15) is 0 Å². The Bertz CT molecular complexity index is 270. The summed E-state index contributed by atoms with van der Waals surface area (Å²) in [6.45, 7) is 0.790. The van der Waals surface area contributed by atoms with E-state index in [0.29, 0.717) is 6.42 Å². The molecule has 14 heavy (non-hydrogen) atoms. The molecule has 2 heterocycles. The van der Waals surface area contributed by atoms with Crippen LogP contribution in [0, 0.1) is 0 Å². The van der Waals surface area contributed by atoms with Crippen molar-refractivity contribution in [3.8, 4) is 0 Å². The Balaban J connectivity index is 1.90. The van der Waals surface area contributed by atoms with Crippen LogP contribution in [0.2, 0.25) is 0 Å². The van der Waals surface area contributed by atoms with Gasteiger partial charge in [-0.1, -0.05) is 0 Å². The van der Waals surface area contributed by atoms with E-state index in [-0.39, 0.29) is 12.2 Å². The maximum Gasteiger partial charge on any atom is 0.0842 e. The van der Waals surface area contributed by atoms with Crippen molar-refractivity contribution in [2.75, 3.05) is 6.61 Å². The lowest BCUT2D eigenvalue weighted by Gasteiger charge is -2.16. The Morgan fingerprint density at radius 1 is 1.50 bits per heavy atom. The highest BCUT2D eigenvalue weighted by atomic mass is 16.5. The zero-order valence-corrected chi connectivity index (χ0v) is 8.10. The second-order valence-electron chi connectivity index (χ2n) is 3.68. The van der Waals surface area contributed by atoms with Gasteiger partial charge in [0, 0.05) is 25.4 Å². The molecule has 1 N–H and O–H groups in total. The number of hydrogen-bond acceptors (Lipinski definition) is 3. The van der Waals surface area contributed by atoms with Crippen molar-refractivity contribution in [3.05, 3.63) is 30.1 Å². The summed E-state index contributed by atoms with van der Waals surface area (Å²) in [5.74, 6) is 0. The molecular weight excluding hydrogens is 178 g/mol. The monoisotopic (exact) mass is 193 g/mol. The first-order valence-corrected chi connectivity index (χ1v) is 5.05. The Morgan fingerprint density at radius 3 is 2.93 bits per heavy atom. The van der Waals surface area contributed by atoms with Crippen molar-refractivity contribution >= 4 is 0 Å². The fraction of sp³-hybridized carbons (Fsp3) is 0.545. The van der Waals surface area contributed by atoms with Crippen LogP contribution in [0.1, 0.15) is 18.4 Å². The predicted octanol–water partition coefficient (Wildman–Crippen LogP) is 1.16. The average Bonchev–Trinajstić information content (AvgIpc) is 2.72. The van der Waals surface area contributed by atoms with Crippen molar-refractivity contribution in [1.82, 2.24) is 4.98 Å². The minimum absolute atomic E-state index is 0.0307. The number of aromatic nitrogens is 1. The van der Waals surface area contributed by atoms with Gasteiger partial charge in [0.25, 0.3) is 0 Å². The Morgan fingerprint density at radius 2 is 2.29 bits per heavy atom. The normalized spacial score (nSPS) is 23.6. The molecular formula is C11H15NO2. The van der Waals surface area contributed by atoms with Crippen LogP contribution in [0.3, 0.4) is 0 Å². The fourth-order valence-corrected chi connectivity index (χ4v) is 1.80. The van der Waals surface area contributed by atoms with E-state index in [1.807, 2.05) is 12.1 Å². The third-order valence-corrected chi connectivity index (χ3v) is 2.59. The molecule has 0 aliphatic carbocycles. The zero-order valence-electron chi connectivity index (χ0n) is 8.10. The highest BCUT2D eigenvalue weighted by Gasteiger charge is 2.23. The Kier molecular flexibility index (Phi) is 3.11. The third kappa shape index (κ3) is 2.30. The molecule has 0 radical (unpaired) electrons. The van der Waals surface area contributed by atoms with Gasteiger partial charge in [-0.25, -0.2) is 0 Å². The van der Waals surface area contributed by atoms with Gasteiger partial charge < -0.3 is 9.84 Å². The van der Waals surface area contributed by atoms with Gasteiger partial charge in [-0.3, -0.25) is 4.98 Å². The summed E-state index contributed by atoms with van der Waals surface area (Å²) in [5, 5.41) is 9.86. The van der Waals surface area contributed by atoms with Gasteiger partial charge in [-0.05, 0) is 30.5 Å². The first-order chi connectivity index (χ1) is 6.86. The minimum Gasteiger partial charge on any atom is -0.390 e. The highest BCUT2D eigenvalue weighted by Crippen LogP contribution is 2.18. The Labute approximate surface area is 83.7 Å². The molecule has 0 bridgehead atoms. The first kappa shape index (κ1) is 9.62. The quantitative estimate of drug-likeness (QED) is 0.783. The van der Waals surface area contributed by atoms with E-state index in [1.165, 1.54) is 0 Å². The number of ether oxygens (including phenoxy) is 1. The standard InChI is InChI=1S/C11H15NO2/c13-10(11-2-1-7-14-11)8-9-3-5-12-6-4-9/h3-6,10-11,13H,1-2,7-8H2. The van der Waals surface area contributed by atoms with Gasteiger partial charge in [0.05, 0.1) is 12.2 Å². The molecule has 1 fully saturated rings. The van der Waals surface area contributed by atoms with Crippen LogP contribution in [0.25, 0.3) is 0 Å². The van der Waals surface area contributed by atoms with Crippen LogP contribution < -0.4 is 0 Å². The zero-order chi connectivity index (χ0) is 9.80. The van der Waals surface area contributed by atoms with Crippen LogP contribution in [0.5, 0.6) is 0 Å². The van der Waals surface area contributed by atoms with E-state index in [1.54, 1.807) is 12.4 Å². The molecule has 0 saturated carbocycles. The Hall–Kier alpha value is -0.930. The van der Waals surface area contributed by atoms with E-state index in [4.69, 9.17) is 4.74 Å². The number of hydrogen-bond donors (Lipinski definition) is 1. The van der Waals surface area contributed by atoms with Gasteiger partial charge in [0.2, 0.25) is 0 Å². The molecule has 1 aromatic heterocycles. The van der Waals surface area contributed by atoms with Crippen LogP contribution in [0.4, 0.5) is 0 Å². The van der Waals surface area contributed by atoms with Crippen molar-refractivity contribution in [1.29, 1.82) is 0 Å². The summed E-state index contributed by atoms with van der Waals surface area (Å²) in [7, 11) is 0. The van der Waals surface area contributed by atoms with Crippen LogP contribution in [0.15, 0.2) is 24.5 Å². The number of aliphatic hydroxyl groups is 1. The molecule has 76 valence electrons. The lowest BCUT2D eigenvalue weighted by Crippen LogP contribution is -2.27. The van der Waals surface area contributed by atoms with E-state index >= 15 is 0 Å². The number of pyridine rings is 1. The first-order valence-electron chi connectivity index (χ1n) is 5.05. The van der Waals surface area contributed by atoms with E-state index in [9.17, 15) is 5.11 Å². The summed E-state index contributed by atoms with van der Waals surface area (Å²) >= 11 is 0. The maximum atomic E-state index is 9.86. The molecule has 0 spiro atoms. The molecule has 3 nitrogen and oxygen atoms in total. The lowest BCUT2D eigenvalue weighted by molar-refractivity contribution is -0.000779. The molecule has 2 rings (SSSR count). The van der Waals surface area contributed by atoms with Crippen LogP contribution in [-0.4, -0.2) is 28.9 Å². The van der Waals surface area contributed by atoms with Gasteiger partial charge in [0.1, 0.15) is 0 Å². The number of nitrogens with zero attached hydrogens (tertiary/aromatic N) is 1. The topological polar surface area (TPSA) is 42.4 Å². The molecule has 1 aliphatic heterocycles. The molecule has 0 amide bonds. The average molecular weight is 193 g/mol. The van der Waals surface area contributed by atoms with Crippen LogP contribution >= 0.6 is 0 Å². The van der Waals surface area contributed by atoms with Crippen molar-refractivity contribution in [3.63, 3.8) is 0 Å². The molecule has 0 aromatic carbocycles. The van der Waals surface area contributed by atoms with E-state index in [2.05, 4.69) is 4.98 Å². The van der Waals surface area contributed by atoms with Crippen molar-refractivity contribution in [2.45, 2.75) is 31.5 Å².